The van der Waals surface area contributed by atoms with Gasteiger partial charge in [0.15, 0.2) is 0 Å². The van der Waals surface area contributed by atoms with E-state index in [0.29, 0.717) is 12.0 Å². The molecule has 2 atom stereocenters. The first-order chi connectivity index (χ1) is 10.1. The number of amides is 1. The fourth-order valence-electron chi connectivity index (χ4n) is 2.65. The molecule has 0 saturated heterocycles. The second kappa shape index (κ2) is 8.90. The smallest absolute Gasteiger partial charge is 0.387 e. The third-order valence-corrected chi connectivity index (χ3v) is 3.73. The van der Waals surface area contributed by atoms with Gasteiger partial charge in [-0.1, -0.05) is 24.6 Å². The minimum atomic E-state index is -2.88. The highest BCUT2D eigenvalue weighted by Gasteiger charge is 2.25. The predicted molar refractivity (Wildman–Crippen MR) is 82.1 cm³/mol. The number of carbonyl (C=O) groups is 1. The SMILES string of the molecule is Cl.NC1CCCC(C(=O)NCc2ccccc2OC(F)F)C1. The van der Waals surface area contributed by atoms with Crippen LogP contribution < -0.4 is 15.8 Å². The number of hydrogen-bond donors (Lipinski definition) is 2. The Hall–Kier alpha value is -1.40. The Morgan fingerprint density at radius 1 is 1.36 bits per heavy atom. The van der Waals surface area contributed by atoms with Gasteiger partial charge in [-0.15, -0.1) is 12.4 Å². The third-order valence-electron chi connectivity index (χ3n) is 3.73. The fourth-order valence-corrected chi connectivity index (χ4v) is 2.65. The number of hydrogen-bond acceptors (Lipinski definition) is 3. The first-order valence-corrected chi connectivity index (χ1v) is 7.12. The lowest BCUT2D eigenvalue weighted by atomic mass is 9.85. The van der Waals surface area contributed by atoms with Crippen LogP contribution in [0.15, 0.2) is 24.3 Å². The van der Waals surface area contributed by atoms with E-state index in [1.54, 1.807) is 18.2 Å². The second-order valence-electron chi connectivity index (χ2n) is 5.33. The van der Waals surface area contributed by atoms with Gasteiger partial charge in [0.25, 0.3) is 0 Å². The molecule has 0 aliphatic heterocycles. The highest BCUT2D eigenvalue weighted by Crippen LogP contribution is 2.24. The molecule has 1 aliphatic carbocycles. The van der Waals surface area contributed by atoms with Crippen LogP contribution in [0.2, 0.25) is 0 Å². The normalized spacial score (nSPS) is 21.1. The van der Waals surface area contributed by atoms with Crippen LogP contribution in [-0.4, -0.2) is 18.6 Å². The van der Waals surface area contributed by atoms with Crippen LogP contribution in [0.4, 0.5) is 8.78 Å². The van der Waals surface area contributed by atoms with Crippen LogP contribution in [0.25, 0.3) is 0 Å². The van der Waals surface area contributed by atoms with E-state index >= 15 is 0 Å². The highest BCUT2D eigenvalue weighted by atomic mass is 35.5. The van der Waals surface area contributed by atoms with Crippen LogP contribution in [-0.2, 0) is 11.3 Å². The fraction of sp³-hybridized carbons (Fsp3) is 0.533. The molecule has 1 saturated carbocycles. The van der Waals surface area contributed by atoms with Crippen LogP contribution in [0.3, 0.4) is 0 Å². The van der Waals surface area contributed by atoms with E-state index in [4.69, 9.17) is 5.73 Å². The summed E-state index contributed by atoms with van der Waals surface area (Å²) in [7, 11) is 0. The first-order valence-electron chi connectivity index (χ1n) is 7.12. The van der Waals surface area contributed by atoms with Crippen molar-refractivity contribution in [3.8, 4) is 5.75 Å². The van der Waals surface area contributed by atoms with Crippen molar-refractivity contribution in [2.75, 3.05) is 0 Å². The molecule has 2 rings (SSSR count). The third kappa shape index (κ3) is 5.42. The number of carbonyl (C=O) groups excluding carboxylic acids is 1. The van der Waals surface area contributed by atoms with Gasteiger partial charge >= 0.3 is 6.61 Å². The van der Waals surface area contributed by atoms with Crippen molar-refractivity contribution in [3.63, 3.8) is 0 Å². The topological polar surface area (TPSA) is 64.4 Å². The molecule has 0 aromatic heterocycles. The molecule has 7 heteroatoms. The van der Waals surface area contributed by atoms with E-state index in [1.807, 2.05) is 0 Å². The number of benzene rings is 1. The van der Waals surface area contributed by atoms with Gasteiger partial charge in [0.2, 0.25) is 5.91 Å². The van der Waals surface area contributed by atoms with Crippen LogP contribution in [0, 0.1) is 5.92 Å². The summed E-state index contributed by atoms with van der Waals surface area (Å²) in [5.41, 5.74) is 6.40. The Morgan fingerprint density at radius 3 is 2.77 bits per heavy atom. The number of rotatable bonds is 5. The van der Waals surface area contributed by atoms with E-state index < -0.39 is 6.61 Å². The summed E-state index contributed by atoms with van der Waals surface area (Å²) < 4.78 is 29.1. The zero-order valence-electron chi connectivity index (χ0n) is 12.1. The number of para-hydroxylation sites is 1. The summed E-state index contributed by atoms with van der Waals surface area (Å²) in [6, 6.07) is 6.53. The monoisotopic (exact) mass is 334 g/mol. The van der Waals surface area contributed by atoms with Gasteiger partial charge in [0, 0.05) is 24.1 Å². The molecule has 0 bridgehead atoms. The number of ether oxygens (including phenoxy) is 1. The molecule has 1 aromatic carbocycles. The molecular formula is C15H21ClF2N2O2. The summed E-state index contributed by atoms with van der Waals surface area (Å²) in [5.74, 6) is -0.0675. The van der Waals surface area contributed by atoms with Gasteiger partial charge in [-0.25, -0.2) is 0 Å². The minimum absolute atomic E-state index is 0. The van der Waals surface area contributed by atoms with Gasteiger partial charge in [0.1, 0.15) is 5.75 Å². The standard InChI is InChI=1S/C15H20F2N2O2.ClH/c16-15(17)21-13-7-2-1-4-11(13)9-19-14(20)10-5-3-6-12(18)8-10;/h1-2,4,7,10,12,15H,3,5-6,8-9,18H2,(H,19,20);1H. The van der Waals surface area contributed by atoms with Crippen molar-refractivity contribution in [2.24, 2.45) is 11.7 Å². The molecule has 0 spiro atoms. The van der Waals surface area contributed by atoms with Crippen molar-refractivity contribution in [1.82, 2.24) is 5.32 Å². The Morgan fingerprint density at radius 2 is 2.09 bits per heavy atom. The zero-order valence-corrected chi connectivity index (χ0v) is 13.0. The molecular weight excluding hydrogens is 314 g/mol. The lowest BCUT2D eigenvalue weighted by Crippen LogP contribution is -2.37. The second-order valence-corrected chi connectivity index (χ2v) is 5.33. The Kier molecular flexibility index (Phi) is 7.55. The maximum absolute atomic E-state index is 12.3. The molecule has 1 amide bonds. The van der Waals surface area contributed by atoms with E-state index in [0.717, 1.165) is 19.3 Å². The van der Waals surface area contributed by atoms with Gasteiger partial charge in [-0.2, -0.15) is 8.78 Å². The number of nitrogens with one attached hydrogen (secondary N) is 1. The first kappa shape index (κ1) is 18.6. The van der Waals surface area contributed by atoms with Gasteiger partial charge < -0.3 is 15.8 Å². The van der Waals surface area contributed by atoms with Crippen molar-refractivity contribution in [2.45, 2.75) is 44.9 Å². The van der Waals surface area contributed by atoms with E-state index in [2.05, 4.69) is 10.1 Å². The average Bonchev–Trinajstić information content (AvgIpc) is 2.45. The van der Waals surface area contributed by atoms with E-state index in [9.17, 15) is 13.6 Å². The van der Waals surface area contributed by atoms with Crippen LogP contribution in [0.1, 0.15) is 31.2 Å². The maximum Gasteiger partial charge on any atom is 0.387 e. The average molecular weight is 335 g/mol. The summed E-state index contributed by atoms with van der Waals surface area (Å²) in [4.78, 5) is 12.1. The number of alkyl halides is 2. The van der Waals surface area contributed by atoms with Crippen molar-refractivity contribution >= 4 is 18.3 Å². The Bertz CT molecular complexity index is 488. The van der Waals surface area contributed by atoms with Crippen LogP contribution in [0.5, 0.6) is 5.75 Å². The molecule has 2 unspecified atom stereocenters. The Balaban J connectivity index is 0.00000242. The van der Waals surface area contributed by atoms with Crippen molar-refractivity contribution in [3.05, 3.63) is 29.8 Å². The van der Waals surface area contributed by atoms with Gasteiger partial charge in [-0.3, -0.25) is 4.79 Å². The molecule has 0 radical (unpaired) electrons. The van der Waals surface area contributed by atoms with Crippen molar-refractivity contribution in [1.29, 1.82) is 0 Å². The largest absolute Gasteiger partial charge is 0.434 e. The van der Waals surface area contributed by atoms with E-state index in [1.165, 1.54) is 6.07 Å². The summed E-state index contributed by atoms with van der Waals surface area (Å²) in [6.07, 6.45) is 3.41. The molecule has 1 aromatic rings. The summed E-state index contributed by atoms with van der Waals surface area (Å²) >= 11 is 0. The molecule has 3 N–H and O–H groups in total. The molecule has 1 aliphatic rings. The molecule has 1 fully saturated rings. The summed E-state index contributed by atoms with van der Waals surface area (Å²) in [5, 5.41) is 2.78. The lowest BCUT2D eigenvalue weighted by Gasteiger charge is -2.25. The zero-order chi connectivity index (χ0) is 15.2. The van der Waals surface area contributed by atoms with E-state index in [-0.39, 0.29) is 42.6 Å². The summed E-state index contributed by atoms with van der Waals surface area (Å²) in [6.45, 7) is -2.70. The van der Waals surface area contributed by atoms with Crippen molar-refractivity contribution < 1.29 is 18.3 Å². The molecule has 124 valence electrons. The Labute approximate surface area is 134 Å². The number of halogens is 3. The molecule has 4 nitrogen and oxygen atoms in total. The molecule has 0 heterocycles. The highest BCUT2D eigenvalue weighted by molar-refractivity contribution is 5.85. The van der Waals surface area contributed by atoms with Gasteiger partial charge in [-0.05, 0) is 25.3 Å². The predicted octanol–water partition coefficient (Wildman–Crippen LogP) is 2.84. The maximum atomic E-state index is 12.3. The van der Waals surface area contributed by atoms with Gasteiger partial charge in [0.05, 0.1) is 0 Å². The minimum Gasteiger partial charge on any atom is -0.434 e. The number of nitrogens with two attached hydrogens (primary N) is 1. The lowest BCUT2D eigenvalue weighted by molar-refractivity contribution is -0.126. The molecule has 22 heavy (non-hydrogen) atoms. The quantitative estimate of drug-likeness (QED) is 0.870. The van der Waals surface area contributed by atoms with Crippen LogP contribution >= 0.6 is 12.4 Å².